The average molecular weight is 346 g/mol. The van der Waals surface area contributed by atoms with Crippen molar-refractivity contribution in [3.63, 3.8) is 0 Å². The van der Waals surface area contributed by atoms with Crippen molar-refractivity contribution in [1.82, 2.24) is 21.1 Å². The summed E-state index contributed by atoms with van der Waals surface area (Å²) in [5.74, 6) is -0.874. The van der Waals surface area contributed by atoms with E-state index in [9.17, 15) is 18.8 Å². The highest BCUT2D eigenvalue weighted by molar-refractivity contribution is 5.98. The summed E-state index contributed by atoms with van der Waals surface area (Å²) in [7, 11) is 0. The minimum atomic E-state index is -0.808. The quantitative estimate of drug-likeness (QED) is 0.767. The molecule has 2 heterocycles. The van der Waals surface area contributed by atoms with Gasteiger partial charge in [-0.25, -0.2) is 9.18 Å². The van der Waals surface area contributed by atoms with E-state index in [-0.39, 0.29) is 25.2 Å². The maximum Gasteiger partial charge on any atom is 0.322 e. The summed E-state index contributed by atoms with van der Waals surface area (Å²) < 4.78 is 18.4. The summed E-state index contributed by atoms with van der Waals surface area (Å²) in [5, 5.41) is 11.0. The number of halogens is 1. The van der Waals surface area contributed by atoms with E-state index in [0.29, 0.717) is 17.0 Å². The molecule has 3 N–H and O–H groups in total. The molecule has 0 saturated carbocycles. The van der Waals surface area contributed by atoms with Crippen LogP contribution in [-0.2, 0) is 16.1 Å². The topological polar surface area (TPSA) is 113 Å². The van der Waals surface area contributed by atoms with Crippen molar-refractivity contribution in [2.75, 3.05) is 0 Å². The lowest BCUT2D eigenvalue weighted by Crippen LogP contribution is -2.48. The molecule has 3 rings (SSSR count). The van der Waals surface area contributed by atoms with Crippen molar-refractivity contribution in [3.8, 4) is 11.3 Å². The lowest BCUT2D eigenvalue weighted by atomic mass is 10.1. The smallest absolute Gasteiger partial charge is 0.322 e. The van der Waals surface area contributed by atoms with Crippen LogP contribution in [-0.4, -0.2) is 29.0 Å². The van der Waals surface area contributed by atoms with E-state index >= 15 is 0 Å². The molecule has 0 radical (unpaired) electrons. The zero-order valence-corrected chi connectivity index (χ0v) is 13.0. The molecule has 1 aromatic carbocycles. The van der Waals surface area contributed by atoms with Gasteiger partial charge in [-0.2, -0.15) is 0 Å². The first-order valence-corrected chi connectivity index (χ1v) is 7.61. The molecule has 1 saturated heterocycles. The Hall–Kier alpha value is -3.23. The molecule has 0 aliphatic carbocycles. The number of amides is 4. The molecule has 130 valence electrons. The lowest BCUT2D eigenvalue weighted by molar-refractivity contribution is -0.123. The first-order chi connectivity index (χ1) is 12.0. The van der Waals surface area contributed by atoms with Gasteiger partial charge in [0.15, 0.2) is 5.76 Å². The molecule has 2 aromatic rings. The summed E-state index contributed by atoms with van der Waals surface area (Å²) in [6.07, 6.45) is 0.275. The maximum atomic E-state index is 13.2. The minimum absolute atomic E-state index is 0.0505. The summed E-state index contributed by atoms with van der Waals surface area (Å²) in [6, 6.07) is 5.98. The van der Waals surface area contributed by atoms with Gasteiger partial charge in [0.2, 0.25) is 11.8 Å². The summed E-state index contributed by atoms with van der Waals surface area (Å²) in [6.45, 7) is 0.0505. The van der Waals surface area contributed by atoms with Gasteiger partial charge in [0, 0.05) is 18.1 Å². The summed E-state index contributed by atoms with van der Waals surface area (Å²) in [4.78, 5) is 34.8. The number of urea groups is 1. The Morgan fingerprint density at radius 2 is 2.20 bits per heavy atom. The molecule has 0 bridgehead atoms. The van der Waals surface area contributed by atoms with Crippen LogP contribution in [0.2, 0.25) is 0 Å². The zero-order chi connectivity index (χ0) is 17.8. The molecule has 8 nitrogen and oxygen atoms in total. The van der Waals surface area contributed by atoms with Crippen LogP contribution < -0.4 is 16.0 Å². The Balaban J connectivity index is 1.59. The summed E-state index contributed by atoms with van der Waals surface area (Å²) in [5.41, 5.74) is 1.00. The molecular weight excluding hydrogens is 331 g/mol. The molecule has 4 amide bonds. The molecule has 25 heavy (non-hydrogen) atoms. The van der Waals surface area contributed by atoms with Crippen molar-refractivity contribution in [2.45, 2.75) is 25.4 Å². The van der Waals surface area contributed by atoms with Crippen LogP contribution in [0.1, 0.15) is 18.6 Å². The van der Waals surface area contributed by atoms with Crippen LogP contribution in [0.25, 0.3) is 11.3 Å². The van der Waals surface area contributed by atoms with Crippen molar-refractivity contribution in [2.24, 2.45) is 0 Å². The molecule has 1 aliphatic rings. The first kappa shape index (κ1) is 16.6. The zero-order valence-electron chi connectivity index (χ0n) is 13.0. The second-order valence-electron chi connectivity index (χ2n) is 5.52. The number of aromatic nitrogens is 1. The first-order valence-electron chi connectivity index (χ1n) is 7.61. The fourth-order valence-electron chi connectivity index (χ4n) is 2.41. The van der Waals surface area contributed by atoms with Gasteiger partial charge in [0.25, 0.3) is 0 Å². The largest absolute Gasteiger partial charge is 0.359 e. The lowest BCUT2D eigenvalue weighted by Gasteiger charge is -2.13. The second-order valence-corrected chi connectivity index (χ2v) is 5.52. The Bertz CT molecular complexity index is 820. The number of nitrogens with zero attached hydrogens (tertiary/aromatic N) is 1. The van der Waals surface area contributed by atoms with Crippen molar-refractivity contribution in [1.29, 1.82) is 0 Å². The number of imide groups is 1. The van der Waals surface area contributed by atoms with E-state index in [4.69, 9.17) is 4.52 Å². The van der Waals surface area contributed by atoms with Crippen LogP contribution in [0.15, 0.2) is 34.9 Å². The predicted octanol–water partition coefficient (Wildman–Crippen LogP) is 1.09. The van der Waals surface area contributed by atoms with Gasteiger partial charge in [-0.3, -0.25) is 14.9 Å². The number of carbonyl (C=O) groups is 3. The number of carbonyl (C=O) groups excluding carboxylic acids is 3. The average Bonchev–Trinajstić information content (AvgIpc) is 2.98. The van der Waals surface area contributed by atoms with Crippen molar-refractivity contribution in [3.05, 3.63) is 41.9 Å². The fraction of sp³-hybridized carbons (Fsp3) is 0.250. The van der Waals surface area contributed by atoms with Crippen molar-refractivity contribution >= 4 is 17.8 Å². The fourth-order valence-corrected chi connectivity index (χ4v) is 2.41. The standard InChI is InChI=1S/C16H15FN4O4/c17-10-3-1-2-9(6-10)13-7-11(25-21-13)8-18-15(23)12-4-5-14(22)20-16(24)19-12/h1-3,6-7,12H,4-5,8H2,(H,18,23)(H2,19,20,22,24). The van der Waals surface area contributed by atoms with Crippen LogP contribution in [0.3, 0.4) is 0 Å². The second kappa shape index (κ2) is 7.12. The minimum Gasteiger partial charge on any atom is -0.359 e. The number of hydrogen-bond acceptors (Lipinski definition) is 5. The molecule has 1 aliphatic heterocycles. The molecule has 1 unspecified atom stereocenters. The van der Waals surface area contributed by atoms with E-state index in [0.717, 1.165) is 0 Å². The van der Waals surface area contributed by atoms with E-state index in [2.05, 4.69) is 21.1 Å². The molecule has 1 aromatic heterocycles. The molecule has 1 atom stereocenters. The monoisotopic (exact) mass is 346 g/mol. The van der Waals surface area contributed by atoms with Gasteiger partial charge in [-0.05, 0) is 18.6 Å². The maximum absolute atomic E-state index is 13.2. The third-order valence-electron chi connectivity index (χ3n) is 3.65. The van der Waals surface area contributed by atoms with Crippen LogP contribution in [0.4, 0.5) is 9.18 Å². The third-order valence-corrected chi connectivity index (χ3v) is 3.65. The third kappa shape index (κ3) is 4.19. The molecule has 9 heteroatoms. The van der Waals surface area contributed by atoms with E-state index in [1.54, 1.807) is 18.2 Å². The van der Waals surface area contributed by atoms with Gasteiger partial charge in [-0.15, -0.1) is 0 Å². The van der Waals surface area contributed by atoms with E-state index < -0.39 is 23.9 Å². The number of benzene rings is 1. The molecule has 0 spiro atoms. The number of rotatable bonds is 4. The van der Waals surface area contributed by atoms with E-state index in [1.165, 1.54) is 12.1 Å². The molecular formula is C16H15FN4O4. The number of hydrogen-bond donors (Lipinski definition) is 3. The van der Waals surface area contributed by atoms with Gasteiger partial charge >= 0.3 is 6.03 Å². The van der Waals surface area contributed by atoms with Gasteiger partial charge in [0.1, 0.15) is 17.6 Å². The highest BCUT2D eigenvalue weighted by atomic mass is 19.1. The Morgan fingerprint density at radius 1 is 1.36 bits per heavy atom. The Morgan fingerprint density at radius 3 is 3.00 bits per heavy atom. The van der Waals surface area contributed by atoms with Crippen LogP contribution in [0.5, 0.6) is 0 Å². The Kier molecular flexibility index (Phi) is 4.73. The SMILES string of the molecule is O=C1CCC(C(=O)NCc2cc(-c3cccc(F)c3)no2)NC(=O)N1. The van der Waals surface area contributed by atoms with Gasteiger partial charge in [0.05, 0.1) is 6.54 Å². The van der Waals surface area contributed by atoms with Crippen LogP contribution >= 0.6 is 0 Å². The number of nitrogens with one attached hydrogen (secondary N) is 3. The predicted molar refractivity (Wildman–Crippen MR) is 83.4 cm³/mol. The normalized spacial score (nSPS) is 17.4. The highest BCUT2D eigenvalue weighted by Crippen LogP contribution is 2.19. The van der Waals surface area contributed by atoms with Gasteiger partial charge in [-0.1, -0.05) is 17.3 Å². The van der Waals surface area contributed by atoms with E-state index in [1.807, 2.05) is 0 Å². The van der Waals surface area contributed by atoms with Crippen molar-refractivity contribution < 1.29 is 23.3 Å². The summed E-state index contributed by atoms with van der Waals surface area (Å²) >= 11 is 0. The molecule has 1 fully saturated rings. The van der Waals surface area contributed by atoms with Crippen LogP contribution in [0, 0.1) is 5.82 Å². The van der Waals surface area contributed by atoms with Gasteiger partial charge < -0.3 is 15.2 Å². The Labute approximate surface area is 141 Å². The highest BCUT2D eigenvalue weighted by Gasteiger charge is 2.26.